The quantitative estimate of drug-likeness (QED) is 0.699. The summed E-state index contributed by atoms with van der Waals surface area (Å²) in [4.78, 5) is 19.4. The van der Waals surface area contributed by atoms with Gasteiger partial charge < -0.3 is 10.6 Å². The van der Waals surface area contributed by atoms with Crippen LogP contribution in [0.3, 0.4) is 0 Å². The van der Waals surface area contributed by atoms with Crippen molar-refractivity contribution in [2.45, 2.75) is 0 Å². The molecule has 118 valence electrons. The van der Waals surface area contributed by atoms with E-state index in [-0.39, 0.29) is 5.91 Å². The molecule has 0 unspecified atom stereocenters. The second-order valence-electron chi connectivity index (χ2n) is 5.84. The Morgan fingerprint density at radius 1 is 1.04 bits per heavy atom. The maximum Gasteiger partial charge on any atom is 0.258 e. The van der Waals surface area contributed by atoms with Crippen molar-refractivity contribution >= 4 is 34.3 Å². The molecule has 3 aromatic carbocycles. The molecule has 0 spiro atoms. The van der Waals surface area contributed by atoms with E-state index in [0.29, 0.717) is 24.3 Å². The maximum atomic E-state index is 13.3. The van der Waals surface area contributed by atoms with E-state index in [2.05, 4.69) is 4.99 Å². The zero-order chi connectivity index (χ0) is 16.5. The highest BCUT2D eigenvalue weighted by molar-refractivity contribution is 6.15. The predicted octanol–water partition coefficient (Wildman–Crippen LogP) is 3.50. The zero-order valence-electron chi connectivity index (χ0n) is 13.1. The van der Waals surface area contributed by atoms with Gasteiger partial charge in [-0.1, -0.05) is 36.4 Å². The molecular weight excluding hydrogens is 298 g/mol. The summed E-state index contributed by atoms with van der Waals surface area (Å²) in [6.07, 6.45) is 1.79. The number of benzene rings is 3. The van der Waals surface area contributed by atoms with E-state index >= 15 is 0 Å². The fraction of sp³-hybridized carbons (Fsp3) is 0.100. The Kier molecular flexibility index (Phi) is 3.50. The molecule has 4 heteroatoms. The lowest BCUT2D eigenvalue weighted by Crippen LogP contribution is -2.33. The fourth-order valence-electron chi connectivity index (χ4n) is 3.13. The van der Waals surface area contributed by atoms with Crippen molar-refractivity contribution in [1.82, 2.24) is 0 Å². The molecule has 4 rings (SSSR count). The van der Waals surface area contributed by atoms with E-state index in [9.17, 15) is 4.79 Å². The monoisotopic (exact) mass is 315 g/mol. The molecule has 2 N–H and O–H groups in total. The largest absolute Gasteiger partial charge is 0.399 e. The van der Waals surface area contributed by atoms with E-state index in [1.165, 1.54) is 0 Å². The lowest BCUT2D eigenvalue weighted by molar-refractivity contribution is 0.0989. The summed E-state index contributed by atoms with van der Waals surface area (Å²) in [6, 6.07) is 19.3. The number of carbonyl (C=O) groups excluding carboxylic acids is 1. The number of nitrogens with two attached hydrogens (primary N) is 1. The van der Waals surface area contributed by atoms with Gasteiger partial charge in [0.2, 0.25) is 0 Å². The minimum atomic E-state index is -0.0108. The van der Waals surface area contributed by atoms with Crippen LogP contribution in [0.5, 0.6) is 0 Å². The van der Waals surface area contributed by atoms with Gasteiger partial charge in [-0.25, -0.2) is 0 Å². The average molecular weight is 315 g/mol. The Labute approximate surface area is 140 Å². The van der Waals surface area contributed by atoms with Crippen LogP contribution >= 0.6 is 0 Å². The third-order valence-corrected chi connectivity index (χ3v) is 4.29. The lowest BCUT2D eigenvalue weighted by Gasteiger charge is -2.23. The van der Waals surface area contributed by atoms with Gasteiger partial charge in [-0.15, -0.1) is 0 Å². The molecule has 1 amide bonds. The first-order chi connectivity index (χ1) is 11.7. The van der Waals surface area contributed by atoms with E-state index in [4.69, 9.17) is 5.73 Å². The molecule has 1 heterocycles. The van der Waals surface area contributed by atoms with Gasteiger partial charge >= 0.3 is 0 Å². The van der Waals surface area contributed by atoms with Crippen LogP contribution in [-0.4, -0.2) is 25.2 Å². The van der Waals surface area contributed by atoms with Crippen molar-refractivity contribution in [3.05, 3.63) is 71.8 Å². The topological polar surface area (TPSA) is 58.7 Å². The predicted molar refractivity (Wildman–Crippen MR) is 98.9 cm³/mol. The summed E-state index contributed by atoms with van der Waals surface area (Å²) in [6.45, 7) is 1.13. The van der Waals surface area contributed by atoms with Crippen LogP contribution in [0.2, 0.25) is 0 Å². The van der Waals surface area contributed by atoms with Crippen molar-refractivity contribution in [1.29, 1.82) is 0 Å². The van der Waals surface area contributed by atoms with Gasteiger partial charge in [-0.2, -0.15) is 0 Å². The first-order valence-electron chi connectivity index (χ1n) is 7.93. The second kappa shape index (κ2) is 5.81. The highest BCUT2D eigenvalue weighted by atomic mass is 16.2. The van der Waals surface area contributed by atoms with E-state index in [0.717, 1.165) is 22.0 Å². The van der Waals surface area contributed by atoms with Crippen LogP contribution in [0.25, 0.3) is 10.8 Å². The van der Waals surface area contributed by atoms with Crippen molar-refractivity contribution < 1.29 is 4.79 Å². The lowest BCUT2D eigenvalue weighted by atomic mass is 10.0. The van der Waals surface area contributed by atoms with Crippen molar-refractivity contribution in [2.24, 2.45) is 4.99 Å². The normalized spacial score (nSPS) is 13.6. The molecule has 0 radical (unpaired) electrons. The molecule has 4 nitrogen and oxygen atoms in total. The molecule has 0 atom stereocenters. The van der Waals surface area contributed by atoms with Crippen LogP contribution in [0.1, 0.15) is 15.9 Å². The van der Waals surface area contributed by atoms with Gasteiger partial charge in [0.15, 0.2) is 0 Å². The van der Waals surface area contributed by atoms with E-state index < -0.39 is 0 Å². The van der Waals surface area contributed by atoms with Crippen molar-refractivity contribution in [3.63, 3.8) is 0 Å². The summed E-state index contributed by atoms with van der Waals surface area (Å²) >= 11 is 0. The van der Waals surface area contributed by atoms with Crippen LogP contribution in [0, 0.1) is 0 Å². The summed E-state index contributed by atoms with van der Waals surface area (Å²) < 4.78 is 0. The Bertz CT molecular complexity index is 957. The van der Waals surface area contributed by atoms with Gasteiger partial charge in [-0.3, -0.25) is 9.79 Å². The summed E-state index contributed by atoms with van der Waals surface area (Å²) in [5.74, 6) is -0.0108. The Morgan fingerprint density at radius 3 is 2.79 bits per heavy atom. The SMILES string of the molecule is Nc1ccc2c(c1)C=NCCN2C(=O)c1cccc2ccccc12. The number of hydrogen-bond acceptors (Lipinski definition) is 3. The smallest absolute Gasteiger partial charge is 0.258 e. The second-order valence-corrected chi connectivity index (χ2v) is 5.84. The Balaban J connectivity index is 1.83. The number of amides is 1. The number of fused-ring (bicyclic) bond motifs is 2. The van der Waals surface area contributed by atoms with Gasteiger partial charge in [0.05, 0.1) is 12.2 Å². The standard InChI is InChI=1S/C20H17N3O/c21-16-8-9-19-15(12-16)13-22-10-11-23(19)20(24)18-7-3-5-14-4-1-2-6-17(14)18/h1-9,12-13H,10-11,21H2. The third-order valence-electron chi connectivity index (χ3n) is 4.29. The summed E-state index contributed by atoms with van der Waals surface area (Å²) in [5.41, 5.74) is 8.97. The molecule has 0 aliphatic carbocycles. The van der Waals surface area contributed by atoms with Crippen LogP contribution < -0.4 is 10.6 Å². The Morgan fingerprint density at radius 2 is 1.88 bits per heavy atom. The minimum absolute atomic E-state index is 0.0108. The number of rotatable bonds is 1. The minimum Gasteiger partial charge on any atom is -0.399 e. The third kappa shape index (κ3) is 2.42. The summed E-state index contributed by atoms with van der Waals surface area (Å²) in [5, 5.41) is 2.03. The van der Waals surface area contributed by atoms with Crippen LogP contribution in [0.15, 0.2) is 65.7 Å². The van der Waals surface area contributed by atoms with Crippen molar-refractivity contribution in [3.8, 4) is 0 Å². The highest BCUT2D eigenvalue weighted by Gasteiger charge is 2.22. The Hall–Kier alpha value is -3.14. The van der Waals surface area contributed by atoms with Gasteiger partial charge in [0, 0.05) is 29.6 Å². The molecular formula is C20H17N3O. The molecule has 0 aromatic heterocycles. The van der Waals surface area contributed by atoms with E-state index in [1.54, 1.807) is 11.1 Å². The molecule has 3 aromatic rings. The number of anilines is 2. The number of benzodiazepines with no additional fused rings is 1. The molecule has 1 aliphatic heterocycles. The van der Waals surface area contributed by atoms with Gasteiger partial charge in [0.1, 0.15) is 0 Å². The number of aliphatic imine (C=N–C) groups is 1. The van der Waals surface area contributed by atoms with E-state index in [1.807, 2.05) is 60.7 Å². The number of nitrogen functional groups attached to an aromatic ring is 1. The molecule has 0 bridgehead atoms. The highest BCUT2D eigenvalue weighted by Crippen LogP contribution is 2.27. The molecule has 0 saturated carbocycles. The molecule has 1 aliphatic rings. The molecule has 24 heavy (non-hydrogen) atoms. The zero-order valence-corrected chi connectivity index (χ0v) is 13.1. The maximum absolute atomic E-state index is 13.3. The number of nitrogens with zero attached hydrogens (tertiary/aromatic N) is 2. The van der Waals surface area contributed by atoms with Crippen LogP contribution in [0.4, 0.5) is 11.4 Å². The first-order valence-corrected chi connectivity index (χ1v) is 7.93. The molecule has 0 saturated heterocycles. The number of carbonyl (C=O) groups is 1. The van der Waals surface area contributed by atoms with Gasteiger partial charge in [-0.05, 0) is 35.0 Å². The van der Waals surface area contributed by atoms with Crippen LogP contribution in [-0.2, 0) is 0 Å². The van der Waals surface area contributed by atoms with Gasteiger partial charge in [0.25, 0.3) is 5.91 Å². The summed E-state index contributed by atoms with van der Waals surface area (Å²) in [7, 11) is 0. The number of hydrogen-bond donors (Lipinski definition) is 1. The van der Waals surface area contributed by atoms with Crippen molar-refractivity contribution in [2.75, 3.05) is 23.7 Å². The molecule has 0 fully saturated rings. The fourth-order valence-corrected chi connectivity index (χ4v) is 3.13. The average Bonchev–Trinajstić information content (AvgIpc) is 2.82. The first kappa shape index (κ1) is 14.5.